The van der Waals surface area contributed by atoms with Gasteiger partial charge in [-0.1, -0.05) is 56.0 Å². The number of rotatable bonds is 10. The molecule has 8 nitrogen and oxygen atoms in total. The van der Waals surface area contributed by atoms with Crippen LogP contribution in [-0.4, -0.2) is 57.4 Å². The molecule has 220 valence electrons. The Hall–Kier alpha value is -3.59. The average Bonchev–Trinajstić information content (AvgIpc) is 3.46. The van der Waals surface area contributed by atoms with Gasteiger partial charge in [0, 0.05) is 66.3 Å². The fraction of sp³-hybridized carbons (Fsp3) is 0.485. The number of thiazole rings is 1. The van der Waals surface area contributed by atoms with E-state index in [2.05, 4.69) is 18.2 Å². The number of likely N-dealkylation sites (tertiary alicyclic amines) is 1. The Labute approximate surface area is 250 Å². The molecule has 3 aromatic rings. The summed E-state index contributed by atoms with van der Waals surface area (Å²) in [5.41, 5.74) is 4.76. The predicted octanol–water partition coefficient (Wildman–Crippen LogP) is 6.37. The van der Waals surface area contributed by atoms with Gasteiger partial charge >= 0.3 is 5.97 Å². The molecule has 3 aliphatic rings. The van der Waals surface area contributed by atoms with Crippen molar-refractivity contribution >= 4 is 34.3 Å². The first kappa shape index (κ1) is 28.5. The van der Waals surface area contributed by atoms with E-state index in [1.54, 1.807) is 4.90 Å². The monoisotopic (exact) mass is 586 g/mol. The minimum atomic E-state index is -0.917. The summed E-state index contributed by atoms with van der Waals surface area (Å²) in [6, 6.07) is 12.3. The molecule has 2 aromatic heterocycles. The highest BCUT2D eigenvalue weighted by atomic mass is 32.1. The van der Waals surface area contributed by atoms with Gasteiger partial charge in [-0.15, -0.1) is 11.3 Å². The number of anilines is 1. The molecule has 2 unspecified atom stereocenters. The molecule has 1 aliphatic heterocycles. The van der Waals surface area contributed by atoms with Gasteiger partial charge in [0.05, 0.1) is 12.1 Å². The van der Waals surface area contributed by atoms with Crippen LogP contribution in [0.3, 0.4) is 0 Å². The molecular formula is C33H38N4O4S. The van der Waals surface area contributed by atoms with Crippen molar-refractivity contribution in [3.63, 3.8) is 0 Å². The molecule has 1 N–H and O–H groups in total. The maximum absolute atomic E-state index is 13.9. The number of carboxylic acid groups (broad SMARTS) is 1. The topological polar surface area (TPSA) is 104 Å². The molecule has 2 saturated carbocycles. The summed E-state index contributed by atoms with van der Waals surface area (Å²) >= 11 is 1.45. The largest absolute Gasteiger partial charge is 0.481 e. The first-order chi connectivity index (χ1) is 20.4. The van der Waals surface area contributed by atoms with E-state index in [1.165, 1.54) is 11.3 Å². The molecule has 1 aromatic carbocycles. The molecule has 2 amide bonds. The SMILES string of the molecule is CN1CC(c2ccc(-c3ccccc3-c3csc(N(C(=O)C(CC(=O)O)CC4CCCC4)C4CC4)n3)cn2)CCC1=O. The third kappa shape index (κ3) is 6.26. The van der Waals surface area contributed by atoms with Crippen LogP contribution in [0.15, 0.2) is 48.0 Å². The number of aliphatic carboxylic acids is 1. The summed E-state index contributed by atoms with van der Waals surface area (Å²) in [4.78, 5) is 50.9. The van der Waals surface area contributed by atoms with Crippen LogP contribution in [0.4, 0.5) is 5.13 Å². The smallest absolute Gasteiger partial charge is 0.304 e. The number of carboxylic acids is 1. The molecule has 9 heteroatoms. The van der Waals surface area contributed by atoms with E-state index in [0.29, 0.717) is 30.4 Å². The maximum atomic E-state index is 13.9. The summed E-state index contributed by atoms with van der Waals surface area (Å²) in [6.45, 7) is 0.688. The number of amides is 2. The number of piperidine rings is 1. The van der Waals surface area contributed by atoms with Gasteiger partial charge in [0.1, 0.15) is 0 Å². The molecule has 0 spiro atoms. The van der Waals surface area contributed by atoms with E-state index in [-0.39, 0.29) is 30.2 Å². The first-order valence-corrected chi connectivity index (χ1v) is 16.1. The molecular weight excluding hydrogens is 548 g/mol. The van der Waals surface area contributed by atoms with Crippen molar-refractivity contribution in [2.75, 3.05) is 18.5 Å². The van der Waals surface area contributed by atoms with E-state index in [0.717, 1.165) is 73.0 Å². The summed E-state index contributed by atoms with van der Waals surface area (Å²) in [5, 5.41) is 12.3. The van der Waals surface area contributed by atoms with Gasteiger partial charge in [0.2, 0.25) is 11.8 Å². The fourth-order valence-corrected chi connectivity index (χ4v) is 7.51. The van der Waals surface area contributed by atoms with Crippen LogP contribution in [0.1, 0.15) is 75.8 Å². The van der Waals surface area contributed by atoms with E-state index in [4.69, 9.17) is 9.97 Å². The Morgan fingerprint density at radius 3 is 2.50 bits per heavy atom. The standard InChI is InChI=1S/C33H38N4O4S/c1-36-19-23(11-15-30(36)38)28-14-10-22(18-34-28)26-8-4-5-9-27(26)29-20-42-33(35-29)37(25-12-13-25)32(41)24(17-31(39)40)16-21-6-2-3-7-21/h4-5,8-10,14,18,20-21,23-25H,2-3,6-7,11-13,15-17,19H2,1H3,(H,39,40). The molecule has 6 rings (SSSR count). The minimum absolute atomic E-state index is 0.0872. The fourth-order valence-electron chi connectivity index (χ4n) is 6.61. The highest BCUT2D eigenvalue weighted by molar-refractivity contribution is 7.14. The summed E-state index contributed by atoms with van der Waals surface area (Å²) in [5.74, 6) is -0.664. The number of aromatic nitrogens is 2. The zero-order valence-corrected chi connectivity index (χ0v) is 24.9. The van der Waals surface area contributed by atoms with Crippen LogP contribution in [0, 0.1) is 11.8 Å². The Bertz CT molecular complexity index is 1440. The number of hydrogen-bond donors (Lipinski definition) is 1. The predicted molar refractivity (Wildman–Crippen MR) is 163 cm³/mol. The second-order valence-corrected chi connectivity index (χ2v) is 13.0. The van der Waals surface area contributed by atoms with Gasteiger partial charge in [-0.3, -0.25) is 24.3 Å². The third-order valence-corrected chi connectivity index (χ3v) is 9.90. The van der Waals surface area contributed by atoms with Gasteiger partial charge < -0.3 is 10.0 Å². The van der Waals surface area contributed by atoms with Crippen LogP contribution in [0.5, 0.6) is 0 Å². The Balaban J connectivity index is 1.24. The van der Waals surface area contributed by atoms with Crippen molar-refractivity contribution in [2.24, 2.45) is 11.8 Å². The molecule has 1 saturated heterocycles. The lowest BCUT2D eigenvalue weighted by atomic mass is 9.90. The number of benzene rings is 1. The molecule has 0 bridgehead atoms. The normalized spacial score (nSPS) is 20.1. The van der Waals surface area contributed by atoms with Gasteiger partial charge in [-0.05, 0) is 43.2 Å². The van der Waals surface area contributed by atoms with Gasteiger partial charge in [0.15, 0.2) is 5.13 Å². The average molecular weight is 587 g/mol. The molecule has 2 atom stereocenters. The number of carbonyl (C=O) groups excluding carboxylic acids is 2. The molecule has 42 heavy (non-hydrogen) atoms. The third-order valence-electron chi connectivity index (χ3n) is 9.06. The second kappa shape index (κ2) is 12.3. The Morgan fingerprint density at radius 2 is 1.83 bits per heavy atom. The van der Waals surface area contributed by atoms with Crippen LogP contribution in [-0.2, 0) is 14.4 Å². The summed E-state index contributed by atoms with van der Waals surface area (Å²) in [7, 11) is 1.85. The van der Waals surface area contributed by atoms with Crippen molar-refractivity contribution in [3.05, 3.63) is 53.7 Å². The van der Waals surface area contributed by atoms with Crippen molar-refractivity contribution < 1.29 is 19.5 Å². The van der Waals surface area contributed by atoms with Crippen molar-refractivity contribution in [1.82, 2.24) is 14.9 Å². The van der Waals surface area contributed by atoms with Gasteiger partial charge in [-0.2, -0.15) is 0 Å². The van der Waals surface area contributed by atoms with E-state index in [1.807, 2.05) is 41.7 Å². The number of hydrogen-bond acceptors (Lipinski definition) is 6. The van der Waals surface area contributed by atoms with Crippen LogP contribution < -0.4 is 4.90 Å². The van der Waals surface area contributed by atoms with Gasteiger partial charge in [-0.25, -0.2) is 4.98 Å². The van der Waals surface area contributed by atoms with E-state index in [9.17, 15) is 19.5 Å². The lowest BCUT2D eigenvalue weighted by molar-refractivity contribution is -0.141. The van der Waals surface area contributed by atoms with Crippen LogP contribution in [0.25, 0.3) is 22.4 Å². The zero-order chi connectivity index (χ0) is 29.2. The highest BCUT2D eigenvalue weighted by Crippen LogP contribution is 2.41. The second-order valence-electron chi connectivity index (χ2n) is 12.2. The quantitative estimate of drug-likeness (QED) is 0.296. The van der Waals surface area contributed by atoms with Crippen LogP contribution >= 0.6 is 11.3 Å². The van der Waals surface area contributed by atoms with E-state index < -0.39 is 11.9 Å². The first-order valence-electron chi connectivity index (χ1n) is 15.2. The van der Waals surface area contributed by atoms with Gasteiger partial charge in [0.25, 0.3) is 0 Å². The van der Waals surface area contributed by atoms with Crippen LogP contribution in [0.2, 0.25) is 0 Å². The minimum Gasteiger partial charge on any atom is -0.481 e. The van der Waals surface area contributed by atoms with Crippen molar-refractivity contribution in [1.29, 1.82) is 0 Å². The summed E-state index contributed by atoms with van der Waals surface area (Å²) in [6.07, 6.45) is 10.1. The molecule has 0 radical (unpaired) electrons. The van der Waals surface area contributed by atoms with Crippen molar-refractivity contribution in [2.45, 2.75) is 76.2 Å². The molecule has 2 aliphatic carbocycles. The zero-order valence-electron chi connectivity index (χ0n) is 24.1. The summed E-state index contributed by atoms with van der Waals surface area (Å²) < 4.78 is 0. The number of carbonyl (C=O) groups is 3. The molecule has 3 fully saturated rings. The number of nitrogens with zero attached hydrogens (tertiary/aromatic N) is 4. The Kier molecular flexibility index (Phi) is 8.38. The Morgan fingerprint density at radius 1 is 1.07 bits per heavy atom. The highest BCUT2D eigenvalue weighted by Gasteiger charge is 2.40. The lowest BCUT2D eigenvalue weighted by Gasteiger charge is -2.29. The maximum Gasteiger partial charge on any atom is 0.304 e. The number of pyridine rings is 1. The van der Waals surface area contributed by atoms with E-state index >= 15 is 0 Å². The molecule has 3 heterocycles. The van der Waals surface area contributed by atoms with Crippen molar-refractivity contribution in [3.8, 4) is 22.4 Å². The number of likely N-dealkylation sites (N-methyl/N-ethyl adjacent to an activating group) is 1. The lowest BCUT2D eigenvalue weighted by Crippen LogP contribution is -2.39.